The summed E-state index contributed by atoms with van der Waals surface area (Å²) in [6, 6.07) is 21.3. The highest BCUT2D eigenvalue weighted by Crippen LogP contribution is 2.36. The molecule has 3 aromatic carbocycles. The Labute approximate surface area is 237 Å². The van der Waals surface area contributed by atoms with Crippen LogP contribution in [0.15, 0.2) is 79.1 Å². The lowest BCUT2D eigenvalue weighted by Crippen LogP contribution is -2.24. The molecule has 6 aromatic rings. The van der Waals surface area contributed by atoms with E-state index in [1.54, 1.807) is 12.3 Å². The van der Waals surface area contributed by atoms with Crippen molar-refractivity contribution in [3.63, 3.8) is 0 Å². The minimum absolute atomic E-state index is 0.0824. The minimum atomic E-state index is -0.245. The van der Waals surface area contributed by atoms with Gasteiger partial charge < -0.3 is 10.3 Å². The Bertz CT molecular complexity index is 1890. The minimum Gasteiger partial charge on any atom is -0.353 e. The molecule has 6 nitrogen and oxygen atoms in total. The number of carbonyl (C=O) groups is 1. The molecule has 1 aliphatic rings. The Hall–Kier alpha value is -4.78. The molecule has 1 aliphatic carbocycles. The number of nitrogens with zero attached hydrogens (tertiary/aromatic N) is 2. The van der Waals surface area contributed by atoms with E-state index in [4.69, 9.17) is 0 Å². The van der Waals surface area contributed by atoms with Crippen molar-refractivity contribution in [2.24, 2.45) is 5.92 Å². The maximum absolute atomic E-state index is 14.2. The number of aromatic amines is 2. The quantitative estimate of drug-likeness (QED) is 0.204. The number of fused-ring (bicyclic) bond motifs is 2. The number of nitrogens with one attached hydrogen (secondary N) is 3. The second-order valence-electron chi connectivity index (χ2n) is 11.1. The van der Waals surface area contributed by atoms with Crippen molar-refractivity contribution in [1.82, 2.24) is 20.2 Å². The van der Waals surface area contributed by atoms with Crippen LogP contribution in [-0.2, 0) is 4.79 Å². The number of hydrogen-bond acceptors (Lipinski definition) is 3. The van der Waals surface area contributed by atoms with Gasteiger partial charge in [0.1, 0.15) is 11.5 Å². The zero-order valence-electron chi connectivity index (χ0n) is 22.8. The van der Waals surface area contributed by atoms with Crippen LogP contribution in [-0.4, -0.2) is 26.1 Å². The van der Waals surface area contributed by atoms with E-state index >= 15 is 0 Å². The van der Waals surface area contributed by atoms with E-state index < -0.39 is 0 Å². The molecule has 0 aliphatic heterocycles. The van der Waals surface area contributed by atoms with Crippen molar-refractivity contribution in [3.8, 4) is 33.6 Å². The SMILES string of the molecule is Cc1cc(F)cc(-c2cccc3[nH]c(-c4n[nH]c5ccc(-c6cncc(NC(=O)C7CCCCC7)c6)cc45)cc23)c1. The fraction of sp³-hybridized carbons (Fsp3) is 0.206. The summed E-state index contributed by atoms with van der Waals surface area (Å²) in [5.74, 6) is -0.0764. The number of carbonyl (C=O) groups excluding carboxylic acids is 1. The summed E-state index contributed by atoms with van der Waals surface area (Å²) in [4.78, 5) is 20.7. The molecule has 0 spiro atoms. The Morgan fingerprint density at radius 3 is 2.61 bits per heavy atom. The van der Waals surface area contributed by atoms with Gasteiger partial charge in [-0.05, 0) is 84.5 Å². The summed E-state index contributed by atoms with van der Waals surface area (Å²) in [5, 5.41) is 12.9. The molecule has 0 unspecified atom stereocenters. The Balaban J connectivity index is 1.23. The molecule has 1 fully saturated rings. The van der Waals surface area contributed by atoms with Gasteiger partial charge in [0.2, 0.25) is 5.91 Å². The third kappa shape index (κ3) is 4.88. The first kappa shape index (κ1) is 25.2. The first-order valence-electron chi connectivity index (χ1n) is 14.2. The van der Waals surface area contributed by atoms with Crippen molar-refractivity contribution in [3.05, 3.63) is 90.5 Å². The number of H-pyrrole nitrogens is 2. The van der Waals surface area contributed by atoms with Crippen LogP contribution in [0, 0.1) is 18.7 Å². The monoisotopic (exact) mass is 543 g/mol. The highest BCUT2D eigenvalue weighted by Gasteiger charge is 2.21. The number of pyridine rings is 1. The van der Waals surface area contributed by atoms with Crippen LogP contribution >= 0.6 is 0 Å². The normalized spacial score (nSPS) is 14.1. The molecule has 41 heavy (non-hydrogen) atoms. The highest BCUT2D eigenvalue weighted by molar-refractivity contribution is 6.02. The van der Waals surface area contributed by atoms with E-state index in [9.17, 15) is 9.18 Å². The fourth-order valence-corrected chi connectivity index (χ4v) is 6.10. The fourth-order valence-electron chi connectivity index (χ4n) is 6.10. The van der Waals surface area contributed by atoms with Crippen molar-refractivity contribution >= 4 is 33.4 Å². The number of rotatable bonds is 5. The van der Waals surface area contributed by atoms with Crippen LogP contribution in [0.5, 0.6) is 0 Å². The van der Waals surface area contributed by atoms with E-state index in [0.29, 0.717) is 5.69 Å². The molecule has 7 heteroatoms. The van der Waals surface area contributed by atoms with Gasteiger partial charge in [0.05, 0.1) is 23.1 Å². The number of anilines is 1. The Morgan fingerprint density at radius 1 is 0.878 bits per heavy atom. The summed E-state index contributed by atoms with van der Waals surface area (Å²) in [5.41, 5.74) is 8.84. The highest BCUT2D eigenvalue weighted by atomic mass is 19.1. The molecule has 0 bridgehead atoms. The van der Waals surface area contributed by atoms with Gasteiger partial charge in [-0.25, -0.2) is 4.39 Å². The van der Waals surface area contributed by atoms with Crippen LogP contribution in [0.2, 0.25) is 0 Å². The van der Waals surface area contributed by atoms with Crippen LogP contribution in [0.3, 0.4) is 0 Å². The second-order valence-corrected chi connectivity index (χ2v) is 11.1. The van der Waals surface area contributed by atoms with E-state index in [1.165, 1.54) is 12.5 Å². The molecule has 204 valence electrons. The Kier molecular flexibility index (Phi) is 6.34. The number of hydrogen-bond donors (Lipinski definition) is 3. The van der Waals surface area contributed by atoms with Crippen molar-refractivity contribution in [2.45, 2.75) is 39.0 Å². The van der Waals surface area contributed by atoms with E-state index in [2.05, 4.69) is 37.6 Å². The molecular formula is C34H30FN5O. The maximum atomic E-state index is 14.2. The average Bonchev–Trinajstić information content (AvgIpc) is 3.61. The molecule has 0 saturated heterocycles. The summed E-state index contributed by atoms with van der Waals surface area (Å²) >= 11 is 0. The van der Waals surface area contributed by atoms with Crippen LogP contribution in [0.25, 0.3) is 55.4 Å². The maximum Gasteiger partial charge on any atom is 0.227 e. The molecule has 1 saturated carbocycles. The van der Waals surface area contributed by atoms with Crippen LogP contribution in [0.1, 0.15) is 37.7 Å². The van der Waals surface area contributed by atoms with Crippen molar-refractivity contribution in [2.75, 3.05) is 5.32 Å². The van der Waals surface area contributed by atoms with E-state index in [1.807, 2.05) is 55.6 Å². The van der Waals surface area contributed by atoms with Gasteiger partial charge in [-0.15, -0.1) is 0 Å². The molecule has 0 radical (unpaired) electrons. The largest absolute Gasteiger partial charge is 0.353 e. The number of aryl methyl sites for hydroxylation is 1. The summed E-state index contributed by atoms with van der Waals surface area (Å²) in [6.45, 7) is 1.90. The Morgan fingerprint density at radius 2 is 1.76 bits per heavy atom. The molecule has 1 amide bonds. The topological polar surface area (TPSA) is 86.5 Å². The van der Waals surface area contributed by atoms with Gasteiger partial charge in [0.25, 0.3) is 0 Å². The molecule has 0 atom stereocenters. The summed E-state index contributed by atoms with van der Waals surface area (Å²) < 4.78 is 14.2. The number of aromatic nitrogens is 4. The van der Waals surface area contributed by atoms with Crippen molar-refractivity contribution in [1.29, 1.82) is 0 Å². The molecule has 7 rings (SSSR count). The van der Waals surface area contributed by atoms with Crippen molar-refractivity contribution < 1.29 is 9.18 Å². The average molecular weight is 544 g/mol. The zero-order valence-corrected chi connectivity index (χ0v) is 22.8. The lowest BCUT2D eigenvalue weighted by atomic mass is 9.88. The zero-order chi connectivity index (χ0) is 27.9. The van der Waals surface area contributed by atoms with Crippen LogP contribution in [0.4, 0.5) is 10.1 Å². The van der Waals surface area contributed by atoms with E-state index in [-0.39, 0.29) is 17.6 Å². The first-order chi connectivity index (χ1) is 20.0. The molecular weight excluding hydrogens is 513 g/mol. The van der Waals surface area contributed by atoms with Crippen LogP contribution < -0.4 is 5.32 Å². The van der Waals surface area contributed by atoms with Gasteiger partial charge in [0, 0.05) is 34.0 Å². The lowest BCUT2D eigenvalue weighted by Gasteiger charge is -2.20. The van der Waals surface area contributed by atoms with Gasteiger partial charge in [0.15, 0.2) is 0 Å². The summed E-state index contributed by atoms with van der Waals surface area (Å²) in [7, 11) is 0. The lowest BCUT2D eigenvalue weighted by molar-refractivity contribution is -0.120. The van der Waals surface area contributed by atoms with Gasteiger partial charge in [-0.2, -0.15) is 5.10 Å². The molecule has 3 aromatic heterocycles. The molecule has 3 N–H and O–H groups in total. The smallest absolute Gasteiger partial charge is 0.227 e. The standard InChI is InChI=1S/C34H30FN5O/c1-20-12-23(14-25(35)13-20)27-8-5-9-30-28(27)17-32(38-30)33-29-16-22(10-11-31(29)39-40-33)24-15-26(19-36-18-24)37-34(41)21-6-3-2-4-7-21/h5,8-19,21,38H,2-4,6-7H2,1H3,(H,37,41)(H,39,40). The van der Waals surface area contributed by atoms with Gasteiger partial charge in [-0.3, -0.25) is 14.9 Å². The number of halogens is 1. The third-order valence-corrected chi connectivity index (χ3v) is 8.15. The predicted octanol–water partition coefficient (Wildman–Crippen LogP) is 8.41. The third-order valence-electron chi connectivity index (χ3n) is 8.15. The van der Waals surface area contributed by atoms with Gasteiger partial charge in [-0.1, -0.05) is 43.5 Å². The molecule has 3 heterocycles. The first-order valence-corrected chi connectivity index (χ1v) is 14.2. The van der Waals surface area contributed by atoms with E-state index in [0.717, 1.165) is 86.7 Å². The second kappa shape index (κ2) is 10.3. The summed E-state index contributed by atoms with van der Waals surface area (Å²) in [6.07, 6.45) is 8.87. The number of benzene rings is 3. The predicted molar refractivity (Wildman–Crippen MR) is 162 cm³/mol. The van der Waals surface area contributed by atoms with Gasteiger partial charge >= 0.3 is 0 Å². The number of amides is 1.